The average molecular weight is 280 g/mol. The van der Waals surface area contributed by atoms with E-state index >= 15 is 0 Å². The second kappa shape index (κ2) is 6.98. The van der Waals surface area contributed by atoms with Crippen molar-refractivity contribution in [2.45, 2.75) is 16.6 Å². The van der Waals surface area contributed by atoms with E-state index in [-0.39, 0.29) is 19.4 Å². The SMILES string of the molecule is O=C(O)CCCOC(=O)OCC(Cl)(Cl)Cl. The Bertz CT molecular complexity index is 225. The molecule has 0 saturated carbocycles. The highest BCUT2D eigenvalue weighted by Crippen LogP contribution is 2.25. The van der Waals surface area contributed by atoms with Crippen LogP contribution in [0.5, 0.6) is 0 Å². The van der Waals surface area contributed by atoms with Crippen LogP contribution in [0.4, 0.5) is 4.79 Å². The molecule has 0 fully saturated rings. The lowest BCUT2D eigenvalue weighted by Crippen LogP contribution is -2.18. The maximum absolute atomic E-state index is 10.8. The van der Waals surface area contributed by atoms with Gasteiger partial charge >= 0.3 is 12.1 Å². The predicted octanol–water partition coefficient (Wildman–Crippen LogP) is 2.37. The van der Waals surface area contributed by atoms with Gasteiger partial charge in [-0.1, -0.05) is 34.8 Å². The zero-order chi connectivity index (χ0) is 11.9. The molecule has 0 aromatic rings. The van der Waals surface area contributed by atoms with Crippen LogP contribution >= 0.6 is 34.8 Å². The summed E-state index contributed by atoms with van der Waals surface area (Å²) in [5.74, 6) is -0.965. The lowest BCUT2D eigenvalue weighted by atomic mass is 10.3. The lowest BCUT2D eigenvalue weighted by molar-refractivity contribution is -0.137. The van der Waals surface area contributed by atoms with Crippen LogP contribution in [0.25, 0.3) is 0 Å². The van der Waals surface area contributed by atoms with Gasteiger partial charge in [-0.05, 0) is 6.42 Å². The standard InChI is InChI=1S/C7H9Cl3O5/c8-7(9,10)4-15-6(13)14-3-1-2-5(11)12/h1-4H2,(H,11,12). The van der Waals surface area contributed by atoms with Crippen LogP contribution in [0.1, 0.15) is 12.8 Å². The molecule has 0 aromatic heterocycles. The van der Waals surface area contributed by atoms with Crippen molar-refractivity contribution in [3.05, 3.63) is 0 Å². The van der Waals surface area contributed by atoms with Crippen molar-refractivity contribution in [2.75, 3.05) is 13.2 Å². The molecule has 0 amide bonds. The van der Waals surface area contributed by atoms with Crippen LogP contribution < -0.4 is 0 Å². The number of hydrogen-bond acceptors (Lipinski definition) is 4. The molecule has 0 rings (SSSR count). The summed E-state index contributed by atoms with van der Waals surface area (Å²) in [4.78, 5) is 20.8. The Kier molecular flexibility index (Phi) is 6.80. The molecule has 0 heterocycles. The number of aliphatic carboxylic acids is 1. The molecule has 15 heavy (non-hydrogen) atoms. The minimum absolute atomic E-state index is 0.0506. The number of halogens is 3. The van der Waals surface area contributed by atoms with E-state index in [0.717, 1.165) is 0 Å². The molecule has 0 aromatic carbocycles. The van der Waals surface area contributed by atoms with Crippen molar-refractivity contribution >= 4 is 46.9 Å². The Balaban J connectivity index is 3.46. The van der Waals surface area contributed by atoms with E-state index < -0.39 is 22.5 Å². The van der Waals surface area contributed by atoms with E-state index in [4.69, 9.17) is 39.9 Å². The lowest BCUT2D eigenvalue weighted by Gasteiger charge is -2.10. The minimum Gasteiger partial charge on any atom is -0.481 e. The first kappa shape index (κ1) is 14.6. The van der Waals surface area contributed by atoms with Gasteiger partial charge in [0.15, 0.2) is 0 Å². The number of carbonyl (C=O) groups is 2. The minimum atomic E-state index is -1.68. The summed E-state index contributed by atoms with van der Waals surface area (Å²) in [6, 6.07) is 0. The van der Waals surface area contributed by atoms with Crippen LogP contribution in [0, 0.1) is 0 Å². The average Bonchev–Trinajstić information content (AvgIpc) is 2.07. The molecule has 5 nitrogen and oxygen atoms in total. The highest BCUT2D eigenvalue weighted by Gasteiger charge is 2.22. The smallest absolute Gasteiger partial charge is 0.481 e. The van der Waals surface area contributed by atoms with Crippen molar-refractivity contribution in [1.29, 1.82) is 0 Å². The van der Waals surface area contributed by atoms with E-state index in [9.17, 15) is 9.59 Å². The summed E-state index contributed by atoms with van der Waals surface area (Å²) < 4.78 is 7.22. The Morgan fingerprint density at radius 3 is 2.27 bits per heavy atom. The molecule has 0 saturated heterocycles. The molecule has 0 unspecified atom stereocenters. The van der Waals surface area contributed by atoms with Gasteiger partial charge in [0.1, 0.15) is 6.61 Å². The molecule has 0 radical (unpaired) electrons. The Hall–Kier alpha value is -0.390. The van der Waals surface area contributed by atoms with Gasteiger partial charge in [0.25, 0.3) is 0 Å². The Morgan fingerprint density at radius 2 is 1.80 bits per heavy atom. The molecule has 0 spiro atoms. The quantitative estimate of drug-likeness (QED) is 0.475. The van der Waals surface area contributed by atoms with Gasteiger partial charge in [0.2, 0.25) is 3.79 Å². The zero-order valence-electron chi connectivity index (χ0n) is 7.54. The fraction of sp³-hybridized carbons (Fsp3) is 0.714. The summed E-state index contributed by atoms with van der Waals surface area (Å²) in [6.45, 7) is -0.472. The number of ether oxygens (including phenoxy) is 2. The van der Waals surface area contributed by atoms with Crippen molar-refractivity contribution < 1.29 is 24.2 Å². The Labute approximate surface area is 101 Å². The summed E-state index contributed by atoms with van der Waals surface area (Å²) in [6.07, 6.45) is -0.873. The fourth-order valence-corrected chi connectivity index (χ4v) is 0.725. The van der Waals surface area contributed by atoms with Gasteiger partial charge in [0, 0.05) is 6.42 Å². The third-order valence-corrected chi connectivity index (χ3v) is 1.44. The summed E-state index contributed by atoms with van der Waals surface area (Å²) >= 11 is 15.9. The Morgan fingerprint density at radius 1 is 1.20 bits per heavy atom. The van der Waals surface area contributed by atoms with Gasteiger partial charge in [0.05, 0.1) is 6.61 Å². The zero-order valence-corrected chi connectivity index (χ0v) is 9.81. The first-order valence-corrected chi connectivity index (χ1v) is 5.03. The molecule has 0 aliphatic carbocycles. The predicted molar refractivity (Wildman–Crippen MR) is 54.5 cm³/mol. The maximum Gasteiger partial charge on any atom is 0.508 e. The summed E-state index contributed by atoms with van der Waals surface area (Å²) in [5.41, 5.74) is 0. The van der Waals surface area contributed by atoms with E-state index in [1.54, 1.807) is 0 Å². The van der Waals surface area contributed by atoms with Crippen LogP contribution in [-0.4, -0.2) is 34.2 Å². The first-order chi connectivity index (χ1) is 6.81. The number of hydrogen-bond donors (Lipinski definition) is 1. The van der Waals surface area contributed by atoms with Gasteiger partial charge in [-0.2, -0.15) is 0 Å². The number of carbonyl (C=O) groups excluding carboxylic acids is 1. The molecule has 1 N–H and O–H groups in total. The second-order valence-corrected chi connectivity index (χ2v) is 5.02. The van der Waals surface area contributed by atoms with E-state index in [1.807, 2.05) is 0 Å². The van der Waals surface area contributed by atoms with Gasteiger partial charge in [-0.25, -0.2) is 4.79 Å². The highest BCUT2D eigenvalue weighted by molar-refractivity contribution is 6.67. The summed E-state index contributed by atoms with van der Waals surface area (Å²) in [5, 5.41) is 8.26. The largest absolute Gasteiger partial charge is 0.508 e. The van der Waals surface area contributed by atoms with Gasteiger partial charge < -0.3 is 14.6 Å². The molecule has 0 atom stereocenters. The van der Waals surface area contributed by atoms with Crippen LogP contribution in [0.2, 0.25) is 0 Å². The van der Waals surface area contributed by atoms with E-state index in [0.29, 0.717) is 0 Å². The van der Waals surface area contributed by atoms with Crippen LogP contribution in [0.15, 0.2) is 0 Å². The molecular weight excluding hydrogens is 270 g/mol. The van der Waals surface area contributed by atoms with Crippen LogP contribution in [-0.2, 0) is 14.3 Å². The molecule has 0 aliphatic heterocycles. The second-order valence-electron chi connectivity index (χ2n) is 2.50. The number of carboxylic acid groups (broad SMARTS) is 1. The van der Waals surface area contributed by atoms with E-state index in [2.05, 4.69) is 9.47 Å². The molecular formula is C7H9Cl3O5. The normalized spacial score (nSPS) is 10.9. The van der Waals surface area contributed by atoms with Crippen molar-refractivity contribution in [1.82, 2.24) is 0 Å². The monoisotopic (exact) mass is 278 g/mol. The van der Waals surface area contributed by atoms with Crippen LogP contribution in [0.3, 0.4) is 0 Å². The number of carboxylic acids is 1. The molecule has 88 valence electrons. The molecule has 8 heteroatoms. The maximum atomic E-state index is 10.8. The third kappa shape index (κ3) is 11.5. The van der Waals surface area contributed by atoms with Crippen molar-refractivity contribution in [2.24, 2.45) is 0 Å². The highest BCUT2D eigenvalue weighted by atomic mass is 35.6. The molecule has 0 aliphatic rings. The first-order valence-electron chi connectivity index (χ1n) is 3.89. The third-order valence-electron chi connectivity index (χ3n) is 1.11. The fourth-order valence-electron chi connectivity index (χ4n) is 0.561. The molecule has 0 bridgehead atoms. The van der Waals surface area contributed by atoms with Gasteiger partial charge in [-0.3, -0.25) is 4.79 Å². The topological polar surface area (TPSA) is 72.8 Å². The summed E-state index contributed by atoms with van der Waals surface area (Å²) in [7, 11) is 0. The van der Waals surface area contributed by atoms with Gasteiger partial charge in [-0.15, -0.1) is 0 Å². The van der Waals surface area contributed by atoms with E-state index in [1.165, 1.54) is 0 Å². The number of rotatable bonds is 5. The van der Waals surface area contributed by atoms with Crippen molar-refractivity contribution in [3.63, 3.8) is 0 Å². The van der Waals surface area contributed by atoms with Crippen molar-refractivity contribution in [3.8, 4) is 0 Å². The number of alkyl halides is 3.